The van der Waals surface area contributed by atoms with E-state index in [1.807, 2.05) is 30.3 Å². The average Bonchev–Trinajstić information content (AvgIpc) is 2.89. The molecule has 0 saturated heterocycles. The molecule has 4 heteroatoms. The van der Waals surface area contributed by atoms with Gasteiger partial charge in [-0.25, -0.2) is 0 Å². The lowest BCUT2D eigenvalue weighted by Crippen LogP contribution is -2.11. The second kappa shape index (κ2) is 5.39. The molecule has 0 radical (unpaired) electrons. The number of aromatic nitrogens is 1. The van der Waals surface area contributed by atoms with E-state index in [4.69, 9.17) is 0 Å². The number of amides is 1. The predicted molar refractivity (Wildman–Crippen MR) is 104 cm³/mol. The first kappa shape index (κ1) is 14.6. The molecule has 1 aliphatic heterocycles. The van der Waals surface area contributed by atoms with E-state index in [2.05, 4.69) is 47.1 Å². The van der Waals surface area contributed by atoms with Crippen molar-refractivity contribution in [3.63, 3.8) is 0 Å². The maximum Gasteiger partial charge on any atom is 0.256 e. The van der Waals surface area contributed by atoms with Crippen molar-refractivity contribution in [2.45, 2.75) is 23.3 Å². The number of nitrogens with one attached hydrogen (secondary N) is 1. The van der Waals surface area contributed by atoms with Gasteiger partial charge in [-0.2, -0.15) is 0 Å². The molecule has 0 aliphatic carbocycles. The van der Waals surface area contributed by atoms with E-state index in [0.29, 0.717) is 0 Å². The largest absolute Gasteiger partial charge is 0.341 e. The van der Waals surface area contributed by atoms with Crippen LogP contribution in [0.1, 0.15) is 17.3 Å². The Hall–Kier alpha value is -2.72. The highest BCUT2D eigenvalue weighted by Crippen LogP contribution is 2.45. The molecular formula is C21H16N2OS. The number of carbonyl (C=O) groups is 1. The Morgan fingerprint density at radius 1 is 0.960 bits per heavy atom. The fraction of sp³-hybridized carbons (Fsp3) is 0.0952. The van der Waals surface area contributed by atoms with Crippen LogP contribution < -0.4 is 5.32 Å². The summed E-state index contributed by atoms with van der Waals surface area (Å²) < 4.78 is 2.34. The molecule has 1 amide bonds. The standard InChI is InChI=1S/C21H16N2OS/c1-2-23-16-9-5-3-7-13(16)19-17(23)12-11-15-20(19)25-18-10-6-4-8-14(18)21(24)22-15/h3-12H,2H2,1H3,(H,22,24). The molecule has 4 aromatic rings. The maximum absolute atomic E-state index is 12.6. The van der Waals surface area contributed by atoms with Gasteiger partial charge in [0, 0.05) is 32.6 Å². The third kappa shape index (κ3) is 2.04. The Bertz CT molecular complexity index is 1160. The van der Waals surface area contributed by atoms with Crippen LogP contribution in [0.5, 0.6) is 0 Å². The summed E-state index contributed by atoms with van der Waals surface area (Å²) in [7, 11) is 0. The summed E-state index contributed by atoms with van der Waals surface area (Å²) in [5.41, 5.74) is 4.07. The fourth-order valence-electron chi connectivity index (χ4n) is 3.70. The molecule has 3 aromatic carbocycles. The van der Waals surface area contributed by atoms with Crippen molar-refractivity contribution in [1.29, 1.82) is 0 Å². The maximum atomic E-state index is 12.6. The van der Waals surface area contributed by atoms with Gasteiger partial charge in [0.1, 0.15) is 0 Å². The van der Waals surface area contributed by atoms with Gasteiger partial charge in [-0.05, 0) is 37.3 Å². The van der Waals surface area contributed by atoms with E-state index in [-0.39, 0.29) is 5.91 Å². The minimum absolute atomic E-state index is 0.0413. The van der Waals surface area contributed by atoms with Crippen LogP contribution >= 0.6 is 11.8 Å². The van der Waals surface area contributed by atoms with Gasteiger partial charge in [0.2, 0.25) is 0 Å². The van der Waals surface area contributed by atoms with Gasteiger partial charge < -0.3 is 9.88 Å². The normalized spacial score (nSPS) is 13.4. The first-order chi connectivity index (χ1) is 12.3. The monoisotopic (exact) mass is 344 g/mol. The van der Waals surface area contributed by atoms with Crippen LogP contribution in [0.3, 0.4) is 0 Å². The lowest BCUT2D eigenvalue weighted by molar-refractivity contribution is 0.102. The first-order valence-electron chi connectivity index (χ1n) is 8.40. The van der Waals surface area contributed by atoms with Gasteiger partial charge in [-0.15, -0.1) is 0 Å². The summed E-state index contributed by atoms with van der Waals surface area (Å²) in [6.07, 6.45) is 0. The Balaban J connectivity index is 1.90. The summed E-state index contributed by atoms with van der Waals surface area (Å²) in [4.78, 5) is 14.7. The summed E-state index contributed by atoms with van der Waals surface area (Å²) >= 11 is 1.68. The van der Waals surface area contributed by atoms with Crippen molar-refractivity contribution in [1.82, 2.24) is 4.57 Å². The van der Waals surface area contributed by atoms with Crippen molar-refractivity contribution < 1.29 is 4.79 Å². The number of carbonyl (C=O) groups excluding carboxylic acids is 1. The molecule has 0 fully saturated rings. The zero-order valence-corrected chi connectivity index (χ0v) is 14.6. The van der Waals surface area contributed by atoms with Crippen LogP contribution in [0.15, 0.2) is 70.5 Å². The van der Waals surface area contributed by atoms with E-state index in [1.54, 1.807) is 11.8 Å². The molecule has 25 heavy (non-hydrogen) atoms. The van der Waals surface area contributed by atoms with Crippen LogP contribution in [0, 0.1) is 0 Å². The third-order valence-corrected chi connectivity index (χ3v) is 6.00. The molecule has 1 N–H and O–H groups in total. The Morgan fingerprint density at radius 2 is 1.76 bits per heavy atom. The predicted octanol–water partition coefficient (Wildman–Crippen LogP) is 5.53. The molecule has 2 heterocycles. The number of nitrogens with zero attached hydrogens (tertiary/aromatic N) is 1. The molecule has 3 nitrogen and oxygen atoms in total. The van der Waals surface area contributed by atoms with Crippen molar-refractivity contribution >= 4 is 45.2 Å². The summed E-state index contributed by atoms with van der Waals surface area (Å²) in [5, 5.41) is 5.55. The van der Waals surface area contributed by atoms with Gasteiger partial charge in [0.15, 0.2) is 0 Å². The number of fused-ring (bicyclic) bond motifs is 6. The fourth-order valence-corrected chi connectivity index (χ4v) is 4.88. The number of aryl methyl sites for hydroxylation is 1. The quantitative estimate of drug-likeness (QED) is 0.492. The van der Waals surface area contributed by atoms with E-state index in [1.165, 1.54) is 21.8 Å². The number of para-hydroxylation sites is 1. The minimum Gasteiger partial charge on any atom is -0.341 e. The lowest BCUT2D eigenvalue weighted by Gasteiger charge is -2.09. The summed E-state index contributed by atoms with van der Waals surface area (Å²) in [5.74, 6) is -0.0413. The van der Waals surface area contributed by atoms with Crippen molar-refractivity contribution in [3.05, 3.63) is 66.2 Å². The smallest absolute Gasteiger partial charge is 0.256 e. The van der Waals surface area contributed by atoms with Gasteiger partial charge in [-0.3, -0.25) is 4.79 Å². The van der Waals surface area contributed by atoms with E-state index >= 15 is 0 Å². The molecule has 0 spiro atoms. The molecule has 0 unspecified atom stereocenters. The highest BCUT2D eigenvalue weighted by atomic mass is 32.2. The van der Waals surface area contributed by atoms with Crippen LogP contribution in [0.2, 0.25) is 0 Å². The van der Waals surface area contributed by atoms with E-state index in [9.17, 15) is 4.79 Å². The van der Waals surface area contributed by atoms with Crippen LogP contribution in [-0.2, 0) is 6.54 Å². The number of hydrogen-bond acceptors (Lipinski definition) is 2. The first-order valence-corrected chi connectivity index (χ1v) is 9.21. The van der Waals surface area contributed by atoms with Crippen LogP contribution in [0.25, 0.3) is 21.8 Å². The number of hydrogen-bond donors (Lipinski definition) is 1. The van der Waals surface area contributed by atoms with Crippen molar-refractivity contribution in [2.75, 3.05) is 5.32 Å². The van der Waals surface area contributed by atoms with Gasteiger partial charge in [0.25, 0.3) is 5.91 Å². The second-order valence-electron chi connectivity index (χ2n) is 6.15. The van der Waals surface area contributed by atoms with Gasteiger partial charge in [-0.1, -0.05) is 42.1 Å². The van der Waals surface area contributed by atoms with Gasteiger partial charge >= 0.3 is 0 Å². The third-order valence-electron chi connectivity index (χ3n) is 4.80. The number of benzene rings is 3. The van der Waals surface area contributed by atoms with Crippen LogP contribution in [0.4, 0.5) is 5.69 Å². The summed E-state index contributed by atoms with van der Waals surface area (Å²) in [6, 6.07) is 20.4. The molecule has 5 rings (SSSR count). The molecule has 1 aromatic heterocycles. The second-order valence-corrected chi connectivity index (χ2v) is 7.20. The minimum atomic E-state index is -0.0413. The zero-order valence-electron chi connectivity index (χ0n) is 13.7. The molecular weight excluding hydrogens is 328 g/mol. The Labute approximate surface area is 149 Å². The molecule has 0 saturated carbocycles. The molecule has 0 atom stereocenters. The molecule has 122 valence electrons. The SMILES string of the molecule is CCn1c2ccccc2c2c3c(ccc21)NC(=O)c1ccccc1S3. The van der Waals surface area contributed by atoms with Crippen molar-refractivity contribution in [3.8, 4) is 0 Å². The molecule has 0 bridgehead atoms. The zero-order chi connectivity index (χ0) is 17.0. The van der Waals surface area contributed by atoms with Crippen LogP contribution in [-0.4, -0.2) is 10.5 Å². The summed E-state index contributed by atoms with van der Waals surface area (Å²) in [6.45, 7) is 3.08. The Kier molecular flexibility index (Phi) is 3.15. The van der Waals surface area contributed by atoms with Gasteiger partial charge in [0.05, 0.1) is 16.8 Å². The highest BCUT2D eigenvalue weighted by Gasteiger charge is 2.23. The Morgan fingerprint density at radius 3 is 2.64 bits per heavy atom. The highest BCUT2D eigenvalue weighted by molar-refractivity contribution is 7.99. The number of rotatable bonds is 1. The van der Waals surface area contributed by atoms with E-state index < -0.39 is 0 Å². The van der Waals surface area contributed by atoms with E-state index in [0.717, 1.165) is 27.6 Å². The average molecular weight is 344 g/mol. The topological polar surface area (TPSA) is 34.0 Å². The lowest BCUT2D eigenvalue weighted by atomic mass is 10.1. The molecule has 1 aliphatic rings. The number of anilines is 1. The van der Waals surface area contributed by atoms with Crippen molar-refractivity contribution in [2.24, 2.45) is 0 Å².